The first-order chi connectivity index (χ1) is 10.4. The van der Waals surface area contributed by atoms with Gasteiger partial charge in [0.15, 0.2) is 0 Å². The highest BCUT2D eigenvalue weighted by Crippen LogP contribution is 2.28. The van der Waals surface area contributed by atoms with Gasteiger partial charge in [-0.25, -0.2) is 4.79 Å². The third-order valence-corrected chi connectivity index (χ3v) is 3.72. The maximum Gasteiger partial charge on any atom is 0.326 e. The van der Waals surface area contributed by atoms with Crippen molar-refractivity contribution in [1.29, 1.82) is 0 Å². The number of carbonyl (C=O) groups excluding carboxylic acids is 1. The highest BCUT2D eigenvalue weighted by Gasteiger charge is 2.23. The Kier molecular flexibility index (Phi) is 6.06. The van der Waals surface area contributed by atoms with Crippen molar-refractivity contribution >= 4 is 35.1 Å². The lowest BCUT2D eigenvalue weighted by Gasteiger charge is -2.15. The fourth-order valence-corrected chi connectivity index (χ4v) is 2.57. The molecule has 0 aliphatic heterocycles. The van der Waals surface area contributed by atoms with Crippen LogP contribution < -0.4 is 5.32 Å². The number of carboxylic acids is 1. The molecule has 22 heavy (non-hydrogen) atoms. The van der Waals surface area contributed by atoms with Crippen molar-refractivity contribution < 1.29 is 19.4 Å². The first-order valence-corrected chi connectivity index (χ1v) is 7.74. The van der Waals surface area contributed by atoms with E-state index in [-0.39, 0.29) is 13.0 Å². The molecule has 0 bridgehead atoms. The van der Waals surface area contributed by atoms with Crippen LogP contribution in [0, 0.1) is 5.92 Å². The summed E-state index contributed by atoms with van der Waals surface area (Å²) in [5, 5.41) is 12.5. The molecule has 1 fully saturated rings. The molecule has 2 rings (SSSR count). The van der Waals surface area contributed by atoms with Crippen LogP contribution >= 0.6 is 23.2 Å². The molecule has 0 aromatic heterocycles. The third-order valence-electron chi connectivity index (χ3n) is 3.28. The minimum Gasteiger partial charge on any atom is -0.480 e. The molecule has 120 valence electrons. The molecule has 1 aromatic rings. The number of nitrogens with one attached hydrogen (secondary N) is 1. The van der Waals surface area contributed by atoms with Gasteiger partial charge in [0.05, 0.1) is 6.61 Å². The minimum atomic E-state index is -1.12. The summed E-state index contributed by atoms with van der Waals surface area (Å²) in [7, 11) is 0. The van der Waals surface area contributed by atoms with Gasteiger partial charge in [-0.3, -0.25) is 4.79 Å². The summed E-state index contributed by atoms with van der Waals surface area (Å²) in [5.41, 5.74) is 0.643. The smallest absolute Gasteiger partial charge is 0.326 e. The lowest BCUT2D eigenvalue weighted by atomic mass is 10.1. The molecule has 1 amide bonds. The van der Waals surface area contributed by atoms with E-state index in [1.807, 2.05) is 0 Å². The number of carboxylic acid groups (broad SMARTS) is 1. The summed E-state index contributed by atoms with van der Waals surface area (Å²) in [6, 6.07) is 3.76. The number of halogens is 2. The molecule has 1 aliphatic carbocycles. The van der Waals surface area contributed by atoms with E-state index in [1.165, 1.54) is 0 Å². The molecular formula is C15H17Cl2NO4. The number of ether oxygens (including phenoxy) is 1. The average Bonchev–Trinajstić information content (AvgIpc) is 3.20. The first-order valence-electron chi connectivity index (χ1n) is 6.99. The number of benzene rings is 1. The summed E-state index contributed by atoms with van der Waals surface area (Å²) in [5.74, 6) is -1.01. The summed E-state index contributed by atoms with van der Waals surface area (Å²) < 4.78 is 5.24. The zero-order valence-electron chi connectivity index (χ0n) is 11.9. The molecule has 2 N–H and O–H groups in total. The molecular weight excluding hydrogens is 329 g/mol. The zero-order valence-corrected chi connectivity index (χ0v) is 13.4. The Morgan fingerprint density at radius 3 is 2.45 bits per heavy atom. The van der Waals surface area contributed by atoms with Gasteiger partial charge in [0.1, 0.15) is 12.6 Å². The van der Waals surface area contributed by atoms with E-state index < -0.39 is 17.9 Å². The Hall–Kier alpha value is -1.30. The predicted octanol–water partition coefficient (Wildman–Crippen LogP) is 2.53. The van der Waals surface area contributed by atoms with Crippen LogP contribution in [0.15, 0.2) is 18.2 Å². The predicted molar refractivity (Wildman–Crippen MR) is 83.3 cm³/mol. The number of hydrogen-bond acceptors (Lipinski definition) is 3. The van der Waals surface area contributed by atoms with Crippen LogP contribution in [0.4, 0.5) is 0 Å². The summed E-state index contributed by atoms with van der Waals surface area (Å²) >= 11 is 11.8. The molecule has 0 saturated heterocycles. The second kappa shape index (κ2) is 7.81. The van der Waals surface area contributed by atoms with Crippen LogP contribution in [0.1, 0.15) is 18.4 Å². The van der Waals surface area contributed by atoms with Crippen LogP contribution in [-0.2, 0) is 20.7 Å². The fourth-order valence-electron chi connectivity index (χ4n) is 2.00. The van der Waals surface area contributed by atoms with Crippen LogP contribution in [0.25, 0.3) is 0 Å². The van der Waals surface area contributed by atoms with Crippen LogP contribution in [-0.4, -0.2) is 36.2 Å². The molecule has 7 heteroatoms. The van der Waals surface area contributed by atoms with Gasteiger partial charge in [0, 0.05) is 16.5 Å². The van der Waals surface area contributed by atoms with Crippen LogP contribution in [0.2, 0.25) is 10.0 Å². The average molecular weight is 346 g/mol. The van der Waals surface area contributed by atoms with Crippen LogP contribution in [0.3, 0.4) is 0 Å². The first kappa shape index (κ1) is 17.1. The van der Waals surface area contributed by atoms with Gasteiger partial charge >= 0.3 is 5.97 Å². The van der Waals surface area contributed by atoms with E-state index in [0.717, 1.165) is 12.8 Å². The standard InChI is InChI=1S/C15H17Cl2NO4/c16-11-3-10(4-12(17)6-11)5-13(15(20)21)18-14(19)8-22-7-9-1-2-9/h3-4,6,9,13H,1-2,5,7-8H2,(H,18,19)(H,20,21). The largest absolute Gasteiger partial charge is 0.480 e. The maximum atomic E-state index is 11.7. The number of aliphatic carboxylic acids is 1. The van der Waals surface area contributed by atoms with Crippen molar-refractivity contribution in [3.8, 4) is 0 Å². The summed E-state index contributed by atoms with van der Waals surface area (Å²) in [6.07, 6.45) is 2.37. The van der Waals surface area contributed by atoms with E-state index in [0.29, 0.717) is 28.1 Å². The molecule has 0 spiro atoms. The zero-order chi connectivity index (χ0) is 16.1. The molecule has 1 aromatic carbocycles. The Bertz CT molecular complexity index is 540. The van der Waals surface area contributed by atoms with E-state index >= 15 is 0 Å². The highest BCUT2D eigenvalue weighted by atomic mass is 35.5. The lowest BCUT2D eigenvalue weighted by Crippen LogP contribution is -2.43. The Labute approximate surface area is 138 Å². The van der Waals surface area contributed by atoms with Crippen molar-refractivity contribution in [3.63, 3.8) is 0 Å². The maximum absolute atomic E-state index is 11.7. The van der Waals surface area contributed by atoms with Crippen molar-refractivity contribution in [2.45, 2.75) is 25.3 Å². The van der Waals surface area contributed by atoms with Gasteiger partial charge in [-0.1, -0.05) is 23.2 Å². The van der Waals surface area contributed by atoms with Gasteiger partial charge in [-0.05, 0) is 42.5 Å². The molecule has 1 saturated carbocycles. The SMILES string of the molecule is O=C(COCC1CC1)NC(Cc1cc(Cl)cc(Cl)c1)C(=O)O. The van der Waals surface area contributed by atoms with Crippen LogP contribution in [0.5, 0.6) is 0 Å². The van der Waals surface area contributed by atoms with Gasteiger partial charge in [0.25, 0.3) is 0 Å². The van der Waals surface area contributed by atoms with Crippen molar-refractivity contribution in [1.82, 2.24) is 5.32 Å². The van der Waals surface area contributed by atoms with E-state index in [9.17, 15) is 14.7 Å². The molecule has 0 heterocycles. The third kappa shape index (κ3) is 5.83. The Morgan fingerprint density at radius 1 is 1.27 bits per heavy atom. The van der Waals surface area contributed by atoms with Crippen molar-refractivity contribution in [3.05, 3.63) is 33.8 Å². The Morgan fingerprint density at radius 2 is 1.91 bits per heavy atom. The normalized spacial score (nSPS) is 15.4. The molecule has 0 radical (unpaired) electrons. The van der Waals surface area contributed by atoms with E-state index in [2.05, 4.69) is 5.32 Å². The molecule has 1 atom stereocenters. The Balaban J connectivity index is 1.88. The summed E-state index contributed by atoms with van der Waals surface area (Å²) in [6.45, 7) is 0.422. The summed E-state index contributed by atoms with van der Waals surface area (Å²) in [4.78, 5) is 23.0. The molecule has 1 unspecified atom stereocenters. The van der Waals surface area contributed by atoms with Gasteiger partial charge in [-0.2, -0.15) is 0 Å². The quantitative estimate of drug-likeness (QED) is 0.759. The van der Waals surface area contributed by atoms with Crippen molar-refractivity contribution in [2.75, 3.05) is 13.2 Å². The highest BCUT2D eigenvalue weighted by molar-refractivity contribution is 6.34. The molecule has 5 nitrogen and oxygen atoms in total. The van der Waals surface area contributed by atoms with E-state index in [4.69, 9.17) is 27.9 Å². The van der Waals surface area contributed by atoms with E-state index in [1.54, 1.807) is 18.2 Å². The number of carbonyl (C=O) groups is 2. The van der Waals surface area contributed by atoms with Gasteiger partial charge in [0.2, 0.25) is 5.91 Å². The number of amides is 1. The fraction of sp³-hybridized carbons (Fsp3) is 0.467. The monoisotopic (exact) mass is 345 g/mol. The van der Waals surface area contributed by atoms with Crippen molar-refractivity contribution in [2.24, 2.45) is 5.92 Å². The number of hydrogen-bond donors (Lipinski definition) is 2. The van der Waals surface area contributed by atoms with Gasteiger partial charge in [-0.15, -0.1) is 0 Å². The number of rotatable bonds is 8. The molecule has 1 aliphatic rings. The second-order valence-corrected chi connectivity index (χ2v) is 6.27. The topological polar surface area (TPSA) is 75.6 Å². The minimum absolute atomic E-state index is 0.101. The van der Waals surface area contributed by atoms with Gasteiger partial charge < -0.3 is 15.2 Å². The lowest BCUT2D eigenvalue weighted by molar-refractivity contribution is -0.142. The second-order valence-electron chi connectivity index (χ2n) is 5.40.